The van der Waals surface area contributed by atoms with Crippen molar-refractivity contribution in [3.05, 3.63) is 41.9 Å². The highest BCUT2D eigenvalue weighted by Crippen LogP contribution is 2.33. The number of primary amides is 1. The molecule has 53 heavy (non-hydrogen) atoms. The van der Waals surface area contributed by atoms with E-state index in [-0.39, 0.29) is 38.3 Å². The van der Waals surface area contributed by atoms with Crippen LogP contribution in [0.2, 0.25) is 0 Å². The average molecular weight is 737 g/mol. The minimum atomic E-state index is -1.36. The molecule has 1 saturated heterocycles. The second kappa shape index (κ2) is 17.0. The van der Waals surface area contributed by atoms with Gasteiger partial charge in [-0.2, -0.15) is 5.10 Å². The Morgan fingerprint density at radius 3 is 2.49 bits per heavy atom. The molecule has 0 radical (unpaired) electrons. The fourth-order valence-corrected chi connectivity index (χ4v) is 7.32. The maximum absolute atomic E-state index is 14.7. The lowest BCUT2D eigenvalue weighted by molar-refractivity contribution is -0.142. The fourth-order valence-electron chi connectivity index (χ4n) is 7.32. The van der Waals surface area contributed by atoms with Crippen LogP contribution in [0.25, 0.3) is 10.9 Å². The molecule has 4 atom stereocenters. The highest BCUT2D eigenvalue weighted by molar-refractivity contribution is 6.37. The number of Topliss-reactive ketones (excluding diaryl/α,β-unsaturated/α-hetero) is 1. The molecule has 2 aromatic heterocycles. The number of hydrogen-bond acceptors (Lipinski definition) is 10. The molecule has 2 aliphatic rings. The predicted molar refractivity (Wildman–Crippen MR) is 189 cm³/mol. The molecule has 3 heterocycles. The van der Waals surface area contributed by atoms with Crippen LogP contribution in [0.3, 0.4) is 0 Å². The highest BCUT2D eigenvalue weighted by Gasteiger charge is 2.45. The van der Waals surface area contributed by atoms with Crippen molar-refractivity contribution in [2.24, 2.45) is 11.7 Å². The summed E-state index contributed by atoms with van der Waals surface area (Å²) < 4.78 is 1.48. The smallest absolute Gasteiger partial charge is 0.404 e. The number of hydrogen-bond donors (Lipinski definition) is 7. The largest absolute Gasteiger partial charge is 0.465 e. The van der Waals surface area contributed by atoms with Gasteiger partial charge in [0.15, 0.2) is 0 Å². The minimum Gasteiger partial charge on any atom is -0.465 e. The van der Waals surface area contributed by atoms with Crippen molar-refractivity contribution >= 4 is 46.4 Å². The summed E-state index contributed by atoms with van der Waals surface area (Å²) in [5.41, 5.74) is 5.39. The number of nitrogens with two attached hydrogens (primary N) is 1. The molecule has 1 aromatic carbocycles. The van der Waals surface area contributed by atoms with Crippen molar-refractivity contribution in [3.63, 3.8) is 0 Å². The number of H-pyrrole nitrogens is 1. The van der Waals surface area contributed by atoms with Crippen LogP contribution in [0.4, 0.5) is 4.79 Å². The lowest BCUT2D eigenvalue weighted by Crippen LogP contribution is -2.56. The van der Waals surface area contributed by atoms with Crippen LogP contribution in [0.15, 0.2) is 30.6 Å². The third-order valence-electron chi connectivity index (χ3n) is 10.1. The summed E-state index contributed by atoms with van der Waals surface area (Å²) in [6, 6.07) is 0.914. The van der Waals surface area contributed by atoms with Crippen LogP contribution in [-0.4, -0.2) is 107 Å². The molecule has 1 aliphatic carbocycles. The molecule has 18 nitrogen and oxygen atoms in total. The van der Waals surface area contributed by atoms with Gasteiger partial charge in [-0.1, -0.05) is 37.3 Å². The van der Waals surface area contributed by atoms with Crippen LogP contribution in [-0.2, 0) is 24.8 Å². The molecule has 2 fully saturated rings. The molecule has 0 bridgehead atoms. The van der Waals surface area contributed by atoms with Crippen molar-refractivity contribution in [1.29, 1.82) is 0 Å². The first kappa shape index (κ1) is 38.8. The molecule has 8 N–H and O–H groups in total. The summed E-state index contributed by atoms with van der Waals surface area (Å²) in [6.45, 7) is 3.19. The van der Waals surface area contributed by atoms with Gasteiger partial charge in [0.05, 0.1) is 35.7 Å². The second-order valence-corrected chi connectivity index (χ2v) is 14.5. The maximum atomic E-state index is 14.7. The van der Waals surface area contributed by atoms with E-state index in [1.54, 1.807) is 38.2 Å². The Labute approximate surface area is 305 Å². The van der Waals surface area contributed by atoms with Crippen LogP contribution in [0.5, 0.6) is 0 Å². The number of likely N-dealkylation sites (tertiary alicyclic amines) is 1. The van der Waals surface area contributed by atoms with Gasteiger partial charge in [-0.25, -0.2) is 9.48 Å². The topological polar surface area (TPSA) is 268 Å². The third kappa shape index (κ3) is 9.74. The van der Waals surface area contributed by atoms with Crippen LogP contribution >= 0.6 is 0 Å². The zero-order valence-corrected chi connectivity index (χ0v) is 29.9. The summed E-state index contributed by atoms with van der Waals surface area (Å²) in [4.78, 5) is 79.6. The van der Waals surface area contributed by atoms with Gasteiger partial charge in [-0.15, -0.1) is 5.10 Å². The van der Waals surface area contributed by atoms with Gasteiger partial charge in [0.2, 0.25) is 17.6 Å². The lowest BCUT2D eigenvalue weighted by atomic mass is 9.84. The number of benzene rings is 1. The van der Waals surface area contributed by atoms with E-state index < -0.39 is 65.3 Å². The second-order valence-electron chi connectivity index (χ2n) is 14.5. The third-order valence-corrected chi connectivity index (χ3v) is 10.1. The first-order chi connectivity index (χ1) is 25.2. The maximum Gasteiger partial charge on any atom is 0.404 e. The number of nitrogens with zero attached hydrogens (tertiary/aromatic N) is 5. The molecule has 18 heteroatoms. The lowest BCUT2D eigenvalue weighted by Gasteiger charge is -2.32. The molecule has 2 unspecified atom stereocenters. The number of nitrogens with one attached hydrogen (secondary N) is 4. The Morgan fingerprint density at radius 1 is 1.04 bits per heavy atom. The van der Waals surface area contributed by atoms with Gasteiger partial charge in [0, 0.05) is 30.5 Å². The molecule has 0 spiro atoms. The van der Waals surface area contributed by atoms with Gasteiger partial charge >= 0.3 is 6.09 Å². The number of carboxylic acid groups (broad SMARTS) is 1. The number of aromatic amines is 1. The number of ketones is 1. The highest BCUT2D eigenvalue weighted by atomic mass is 16.4. The average Bonchev–Trinajstić information content (AvgIpc) is 3.90. The van der Waals surface area contributed by atoms with Crippen LogP contribution in [0, 0.1) is 5.92 Å². The normalized spacial score (nSPS) is 19.0. The first-order valence-corrected chi connectivity index (χ1v) is 18.0. The molecule has 286 valence electrons. The quantitative estimate of drug-likeness (QED) is 0.0813. The SMILES string of the molecule is CC(C)(O)c1cnnn1[C@H]1C[C@@H](C(=O)NC(CCCCNC(=O)O)C(=O)C(N)=O)N(C(=O)C(CC2CCCCC2)NC(=O)c2ccc3[nH]ncc3c2)C1. The van der Waals surface area contributed by atoms with Crippen molar-refractivity contribution in [3.8, 4) is 0 Å². The van der Waals surface area contributed by atoms with E-state index >= 15 is 0 Å². The van der Waals surface area contributed by atoms with Crippen molar-refractivity contribution in [2.45, 2.75) is 108 Å². The van der Waals surface area contributed by atoms with E-state index in [2.05, 4.69) is 36.5 Å². The Morgan fingerprint density at radius 2 is 1.79 bits per heavy atom. The summed E-state index contributed by atoms with van der Waals surface area (Å²) in [6.07, 6.45) is 7.62. The molecule has 5 amide bonds. The Balaban J connectivity index is 1.43. The number of amides is 5. The Kier molecular flexibility index (Phi) is 12.4. The number of aromatic nitrogens is 5. The summed E-state index contributed by atoms with van der Waals surface area (Å²) in [7, 11) is 0. The van der Waals surface area contributed by atoms with Gasteiger partial charge in [0.25, 0.3) is 11.8 Å². The molecule has 5 rings (SSSR count). The number of rotatable bonds is 16. The van der Waals surface area contributed by atoms with Crippen molar-refractivity contribution < 1.29 is 39.0 Å². The first-order valence-electron chi connectivity index (χ1n) is 18.0. The molecular weight excluding hydrogens is 688 g/mol. The standard InChI is InChI=1S/C35H48N10O8/c1-35(2,53)28-18-39-43-45(28)23-16-27(32(49)40-25(29(46)30(36)47)10-6-7-13-37-34(51)52)44(19-23)33(50)26(14-20-8-4-3-5-9-20)41-31(48)21-11-12-24-22(15-21)17-38-42-24/h11-12,15,17-18,20,23,25-27,37,53H,3-10,13-14,16,19H2,1-2H3,(H2,36,47)(H,38,42)(H,40,49)(H,41,48)(H,51,52)/t23-,25?,26?,27-/m0/s1. The molecule has 1 aliphatic heterocycles. The number of unbranched alkanes of at least 4 members (excludes halogenated alkanes) is 1. The van der Waals surface area contributed by atoms with Gasteiger partial charge < -0.3 is 36.8 Å². The number of carbonyl (C=O) groups is 6. The molecule has 3 aromatic rings. The zero-order chi connectivity index (χ0) is 38.3. The Hall–Kier alpha value is -5.39. The molecular formula is C35H48N10O8. The van der Waals surface area contributed by atoms with Crippen molar-refractivity contribution in [1.82, 2.24) is 46.0 Å². The fraction of sp³-hybridized carbons (Fsp3) is 0.571. The van der Waals surface area contributed by atoms with E-state index in [1.807, 2.05) is 0 Å². The van der Waals surface area contributed by atoms with Crippen LogP contribution < -0.4 is 21.7 Å². The van der Waals surface area contributed by atoms with Gasteiger partial charge in [-0.3, -0.25) is 29.1 Å². The van der Waals surface area contributed by atoms with E-state index in [0.29, 0.717) is 24.1 Å². The number of carbonyl (C=O) groups excluding carboxylic acids is 5. The number of aliphatic hydroxyl groups is 1. The summed E-state index contributed by atoms with van der Waals surface area (Å²) >= 11 is 0. The Bertz CT molecular complexity index is 1810. The van der Waals surface area contributed by atoms with E-state index in [0.717, 1.165) is 43.0 Å². The monoisotopic (exact) mass is 736 g/mol. The van der Waals surface area contributed by atoms with Gasteiger partial charge in [-0.05, 0) is 63.6 Å². The van der Waals surface area contributed by atoms with E-state index in [4.69, 9.17) is 10.8 Å². The zero-order valence-electron chi connectivity index (χ0n) is 29.9. The summed E-state index contributed by atoms with van der Waals surface area (Å²) in [5.74, 6) is -3.82. The van der Waals surface area contributed by atoms with Crippen LogP contribution in [0.1, 0.15) is 100 Å². The summed E-state index contributed by atoms with van der Waals surface area (Å²) in [5, 5.41) is 43.2. The molecule has 1 saturated carbocycles. The van der Waals surface area contributed by atoms with Gasteiger partial charge in [0.1, 0.15) is 17.7 Å². The predicted octanol–water partition coefficient (Wildman–Crippen LogP) is 1.27. The minimum absolute atomic E-state index is 0.00774. The number of fused-ring (bicyclic) bond motifs is 1. The van der Waals surface area contributed by atoms with Crippen molar-refractivity contribution in [2.75, 3.05) is 13.1 Å². The van der Waals surface area contributed by atoms with E-state index in [9.17, 15) is 33.9 Å². The van der Waals surface area contributed by atoms with E-state index in [1.165, 1.54) is 15.8 Å².